The maximum Gasteiger partial charge on any atom is 0.309 e. The topological polar surface area (TPSA) is 75.6 Å². The highest BCUT2D eigenvalue weighted by atomic mass is 19.1. The standard InChI is InChI=1S/C20H25FN4O3/c1-24-8-2-3-17(24)18(25-9-11-28-12-10-25)14-23-20(27)19(26)22-13-15-4-6-16(21)7-5-15/h2-8,18H,9-14H2,1H3,(H,22,26)(H,23,27). The summed E-state index contributed by atoms with van der Waals surface area (Å²) in [5, 5.41) is 5.29. The number of aryl methyl sites for hydroxylation is 1. The zero-order valence-electron chi connectivity index (χ0n) is 15.9. The van der Waals surface area contributed by atoms with Gasteiger partial charge in [-0.25, -0.2) is 4.39 Å². The Labute approximate surface area is 163 Å². The number of rotatable bonds is 6. The van der Waals surface area contributed by atoms with E-state index in [-0.39, 0.29) is 18.4 Å². The highest BCUT2D eigenvalue weighted by Crippen LogP contribution is 2.21. The molecule has 0 aliphatic carbocycles. The quantitative estimate of drug-likeness (QED) is 0.723. The molecule has 0 spiro atoms. The van der Waals surface area contributed by atoms with Crippen molar-refractivity contribution in [1.82, 2.24) is 20.1 Å². The largest absolute Gasteiger partial charge is 0.379 e. The normalized spacial score (nSPS) is 15.8. The number of ether oxygens (including phenoxy) is 1. The van der Waals surface area contributed by atoms with Crippen molar-refractivity contribution in [2.45, 2.75) is 12.6 Å². The van der Waals surface area contributed by atoms with Gasteiger partial charge in [0.25, 0.3) is 0 Å². The number of nitrogens with one attached hydrogen (secondary N) is 2. The molecule has 1 aliphatic rings. The molecule has 0 saturated carbocycles. The lowest BCUT2D eigenvalue weighted by molar-refractivity contribution is -0.139. The Morgan fingerprint density at radius 3 is 2.43 bits per heavy atom. The van der Waals surface area contributed by atoms with E-state index in [4.69, 9.17) is 4.74 Å². The third-order valence-corrected chi connectivity index (χ3v) is 4.84. The fourth-order valence-corrected chi connectivity index (χ4v) is 3.26. The molecular weight excluding hydrogens is 363 g/mol. The molecule has 0 bridgehead atoms. The predicted molar refractivity (Wildman–Crippen MR) is 102 cm³/mol. The van der Waals surface area contributed by atoms with Crippen LogP contribution in [0.25, 0.3) is 0 Å². The molecule has 1 aromatic heterocycles. The Hall–Kier alpha value is -2.71. The second-order valence-electron chi connectivity index (χ2n) is 6.73. The number of carbonyl (C=O) groups is 2. The lowest BCUT2D eigenvalue weighted by Crippen LogP contribution is -2.47. The van der Waals surface area contributed by atoms with Gasteiger partial charge in [-0.2, -0.15) is 0 Å². The van der Waals surface area contributed by atoms with E-state index < -0.39 is 11.8 Å². The van der Waals surface area contributed by atoms with Crippen LogP contribution in [-0.2, 0) is 27.9 Å². The molecule has 1 unspecified atom stereocenters. The second kappa shape index (κ2) is 9.48. The summed E-state index contributed by atoms with van der Waals surface area (Å²) in [6, 6.07) is 9.69. The number of amides is 2. The van der Waals surface area contributed by atoms with Crippen molar-refractivity contribution in [3.05, 3.63) is 59.7 Å². The molecule has 2 N–H and O–H groups in total. The summed E-state index contributed by atoms with van der Waals surface area (Å²) in [6.07, 6.45) is 1.96. The van der Waals surface area contributed by atoms with Crippen molar-refractivity contribution in [3.63, 3.8) is 0 Å². The highest BCUT2D eigenvalue weighted by molar-refractivity contribution is 6.35. The molecule has 1 fully saturated rings. The number of aromatic nitrogens is 1. The Kier molecular flexibility index (Phi) is 6.78. The van der Waals surface area contributed by atoms with Gasteiger partial charge >= 0.3 is 11.8 Å². The summed E-state index contributed by atoms with van der Waals surface area (Å²) in [7, 11) is 1.96. The predicted octanol–water partition coefficient (Wildman–Crippen LogP) is 0.970. The fraction of sp³-hybridized carbons (Fsp3) is 0.400. The molecule has 3 rings (SSSR count). The Bertz CT molecular complexity index is 800. The van der Waals surface area contributed by atoms with E-state index in [0.29, 0.717) is 19.8 Å². The van der Waals surface area contributed by atoms with E-state index in [2.05, 4.69) is 15.5 Å². The molecule has 2 amide bonds. The maximum atomic E-state index is 12.9. The molecule has 1 aliphatic heterocycles. The van der Waals surface area contributed by atoms with Gasteiger partial charge in [-0.3, -0.25) is 14.5 Å². The van der Waals surface area contributed by atoms with E-state index in [9.17, 15) is 14.0 Å². The minimum atomic E-state index is -0.711. The van der Waals surface area contributed by atoms with E-state index in [1.165, 1.54) is 12.1 Å². The number of carbonyl (C=O) groups excluding carboxylic acids is 2. The van der Waals surface area contributed by atoms with Crippen molar-refractivity contribution >= 4 is 11.8 Å². The summed E-state index contributed by atoms with van der Waals surface area (Å²) >= 11 is 0. The molecule has 2 heterocycles. The van der Waals surface area contributed by atoms with Gasteiger partial charge in [0.1, 0.15) is 5.82 Å². The summed E-state index contributed by atoms with van der Waals surface area (Å²) < 4.78 is 20.4. The third-order valence-electron chi connectivity index (χ3n) is 4.84. The van der Waals surface area contributed by atoms with E-state index >= 15 is 0 Å². The van der Waals surface area contributed by atoms with Crippen LogP contribution in [0.5, 0.6) is 0 Å². The van der Waals surface area contributed by atoms with Gasteiger partial charge in [0.15, 0.2) is 0 Å². The zero-order valence-corrected chi connectivity index (χ0v) is 15.9. The first-order chi connectivity index (χ1) is 13.5. The molecular formula is C20H25FN4O3. The first-order valence-corrected chi connectivity index (χ1v) is 9.28. The van der Waals surface area contributed by atoms with Gasteiger partial charge in [-0.15, -0.1) is 0 Å². The molecule has 1 atom stereocenters. The highest BCUT2D eigenvalue weighted by Gasteiger charge is 2.25. The minimum Gasteiger partial charge on any atom is -0.379 e. The smallest absolute Gasteiger partial charge is 0.309 e. The van der Waals surface area contributed by atoms with Crippen LogP contribution >= 0.6 is 0 Å². The zero-order chi connectivity index (χ0) is 19.9. The molecule has 2 aromatic rings. The number of morpholine rings is 1. The average molecular weight is 388 g/mol. The van der Waals surface area contributed by atoms with Gasteiger partial charge in [0.2, 0.25) is 0 Å². The summed E-state index contributed by atoms with van der Waals surface area (Å²) in [6.45, 7) is 3.31. The van der Waals surface area contributed by atoms with Crippen molar-refractivity contribution in [1.29, 1.82) is 0 Å². The van der Waals surface area contributed by atoms with Crippen molar-refractivity contribution in [2.24, 2.45) is 7.05 Å². The van der Waals surface area contributed by atoms with Gasteiger partial charge in [-0.05, 0) is 29.8 Å². The molecule has 0 radical (unpaired) electrons. The van der Waals surface area contributed by atoms with Crippen LogP contribution in [0.4, 0.5) is 4.39 Å². The monoisotopic (exact) mass is 388 g/mol. The van der Waals surface area contributed by atoms with E-state index in [1.807, 2.05) is 29.9 Å². The number of hydrogen-bond acceptors (Lipinski definition) is 4. The molecule has 1 aromatic carbocycles. The molecule has 28 heavy (non-hydrogen) atoms. The van der Waals surface area contributed by atoms with Crippen molar-refractivity contribution in [3.8, 4) is 0 Å². The number of halogens is 1. The van der Waals surface area contributed by atoms with Crippen LogP contribution in [0.15, 0.2) is 42.6 Å². The Balaban J connectivity index is 1.55. The van der Waals surface area contributed by atoms with Crippen LogP contribution in [-0.4, -0.2) is 54.1 Å². The SMILES string of the molecule is Cn1cccc1C(CNC(=O)C(=O)NCc1ccc(F)cc1)N1CCOCC1. The van der Waals surface area contributed by atoms with Gasteiger partial charge in [-0.1, -0.05) is 12.1 Å². The summed E-state index contributed by atoms with van der Waals surface area (Å²) in [4.78, 5) is 26.6. The first-order valence-electron chi connectivity index (χ1n) is 9.28. The van der Waals surface area contributed by atoms with Gasteiger partial charge < -0.3 is 19.9 Å². The summed E-state index contributed by atoms with van der Waals surface area (Å²) in [5.74, 6) is -1.74. The van der Waals surface area contributed by atoms with Gasteiger partial charge in [0, 0.05) is 45.1 Å². The molecule has 8 heteroatoms. The Morgan fingerprint density at radius 2 is 1.79 bits per heavy atom. The maximum absolute atomic E-state index is 12.9. The van der Waals surface area contributed by atoms with Crippen molar-refractivity contribution < 1.29 is 18.7 Å². The van der Waals surface area contributed by atoms with Crippen LogP contribution in [0, 0.1) is 5.82 Å². The first kappa shape index (κ1) is 20.0. The van der Waals surface area contributed by atoms with E-state index in [1.54, 1.807) is 12.1 Å². The van der Waals surface area contributed by atoms with Gasteiger partial charge in [0.05, 0.1) is 19.3 Å². The Morgan fingerprint density at radius 1 is 1.11 bits per heavy atom. The second-order valence-corrected chi connectivity index (χ2v) is 6.73. The minimum absolute atomic E-state index is 0.0438. The number of benzene rings is 1. The summed E-state index contributed by atoms with van der Waals surface area (Å²) in [5.41, 5.74) is 1.78. The van der Waals surface area contributed by atoms with Crippen LogP contribution in [0.1, 0.15) is 17.3 Å². The number of hydrogen-bond donors (Lipinski definition) is 2. The molecule has 1 saturated heterocycles. The molecule has 7 nitrogen and oxygen atoms in total. The lowest BCUT2D eigenvalue weighted by Gasteiger charge is -2.34. The van der Waals surface area contributed by atoms with Crippen LogP contribution in [0.3, 0.4) is 0 Å². The van der Waals surface area contributed by atoms with Crippen LogP contribution < -0.4 is 10.6 Å². The average Bonchev–Trinajstić information content (AvgIpc) is 3.14. The fourth-order valence-electron chi connectivity index (χ4n) is 3.26. The van der Waals surface area contributed by atoms with Crippen LogP contribution in [0.2, 0.25) is 0 Å². The van der Waals surface area contributed by atoms with Crippen molar-refractivity contribution in [2.75, 3.05) is 32.8 Å². The lowest BCUT2D eigenvalue weighted by atomic mass is 10.1. The molecule has 150 valence electrons. The number of nitrogens with zero attached hydrogens (tertiary/aromatic N) is 2. The third kappa shape index (κ3) is 5.17. The van der Waals surface area contributed by atoms with E-state index in [0.717, 1.165) is 24.3 Å².